The van der Waals surface area contributed by atoms with Gasteiger partial charge >= 0.3 is 6.36 Å². The Balaban J connectivity index is 2.18. The van der Waals surface area contributed by atoms with E-state index in [1.54, 1.807) is 0 Å². The van der Waals surface area contributed by atoms with Crippen LogP contribution in [0.25, 0.3) is 0 Å². The quantitative estimate of drug-likeness (QED) is 0.835. The number of hydrogen-bond donors (Lipinski definition) is 1. The predicted octanol–water partition coefficient (Wildman–Crippen LogP) is 3.17. The summed E-state index contributed by atoms with van der Waals surface area (Å²) in [6, 6.07) is 4.85. The summed E-state index contributed by atoms with van der Waals surface area (Å²) in [7, 11) is 0. The van der Waals surface area contributed by atoms with E-state index in [9.17, 15) is 22.0 Å². The minimum absolute atomic E-state index is 0.218. The van der Waals surface area contributed by atoms with Crippen LogP contribution in [0.5, 0.6) is 5.75 Å². The maximum absolute atomic E-state index is 12.8. The first-order valence-electron chi connectivity index (χ1n) is 5.13. The van der Waals surface area contributed by atoms with Crippen LogP contribution in [0.15, 0.2) is 24.3 Å². The van der Waals surface area contributed by atoms with Crippen LogP contribution in [-0.4, -0.2) is 12.3 Å². The smallest absolute Gasteiger partial charge is 0.406 e. The summed E-state index contributed by atoms with van der Waals surface area (Å²) in [6.45, 7) is 0. The van der Waals surface area contributed by atoms with Crippen molar-refractivity contribution in [1.29, 1.82) is 0 Å². The second-order valence-electron chi connectivity index (χ2n) is 4.44. The minimum atomic E-state index is -4.82. The third-order valence-corrected chi connectivity index (χ3v) is 2.79. The summed E-state index contributed by atoms with van der Waals surface area (Å²) >= 11 is 0. The summed E-state index contributed by atoms with van der Waals surface area (Å²) in [6.07, 6.45) is -5.96. The van der Waals surface area contributed by atoms with Crippen molar-refractivity contribution >= 4 is 0 Å². The van der Waals surface area contributed by atoms with E-state index in [1.165, 1.54) is 12.1 Å². The highest BCUT2D eigenvalue weighted by molar-refractivity contribution is 5.35. The first-order valence-corrected chi connectivity index (χ1v) is 5.13. The van der Waals surface area contributed by atoms with Gasteiger partial charge in [0.2, 0.25) is 0 Å². The molecule has 2 nitrogen and oxygen atoms in total. The van der Waals surface area contributed by atoms with Crippen molar-refractivity contribution in [3.05, 3.63) is 29.8 Å². The molecule has 100 valence electrons. The molecular weight excluding hydrogens is 257 g/mol. The zero-order chi connectivity index (χ0) is 13.6. The number of benzene rings is 1. The molecule has 1 aliphatic carbocycles. The van der Waals surface area contributed by atoms with Crippen molar-refractivity contribution in [2.45, 2.75) is 30.7 Å². The van der Waals surface area contributed by atoms with Crippen molar-refractivity contribution in [1.82, 2.24) is 0 Å². The van der Waals surface area contributed by atoms with E-state index in [2.05, 4.69) is 4.74 Å². The monoisotopic (exact) mass is 267 g/mol. The Hall–Kier alpha value is -1.37. The normalized spacial score (nSPS) is 21.2. The van der Waals surface area contributed by atoms with Gasteiger partial charge in [0.15, 0.2) is 0 Å². The first-order chi connectivity index (χ1) is 8.10. The Bertz CT molecular complexity index is 449. The van der Waals surface area contributed by atoms with E-state index >= 15 is 0 Å². The van der Waals surface area contributed by atoms with Crippen LogP contribution in [0.3, 0.4) is 0 Å². The molecule has 0 spiro atoms. The highest BCUT2D eigenvalue weighted by Gasteiger charge is 2.55. The van der Waals surface area contributed by atoms with Crippen molar-refractivity contribution < 1.29 is 26.7 Å². The molecule has 1 aromatic rings. The molecule has 2 N–H and O–H groups in total. The molecule has 1 saturated carbocycles. The number of rotatable bonds is 2. The molecule has 0 unspecified atom stereocenters. The lowest BCUT2D eigenvalue weighted by Crippen LogP contribution is -2.55. The Morgan fingerprint density at radius 3 is 2.28 bits per heavy atom. The number of nitrogens with two attached hydrogens (primary N) is 1. The van der Waals surface area contributed by atoms with Gasteiger partial charge in [-0.05, 0) is 17.7 Å². The molecule has 0 aromatic heterocycles. The van der Waals surface area contributed by atoms with E-state index in [-0.39, 0.29) is 5.56 Å². The van der Waals surface area contributed by atoms with E-state index in [0.717, 1.165) is 12.1 Å². The summed E-state index contributed by atoms with van der Waals surface area (Å²) in [5.41, 5.74) is 4.65. The average molecular weight is 267 g/mol. The van der Waals surface area contributed by atoms with Gasteiger partial charge in [0.25, 0.3) is 5.92 Å². The van der Waals surface area contributed by atoms with Crippen LogP contribution in [-0.2, 0) is 5.54 Å². The molecule has 0 atom stereocenters. The standard InChI is InChI=1S/C11H10F5NO/c12-10(13)5-9(17,6-10)7-2-1-3-8(4-7)18-11(14,15)16/h1-4H,5-6,17H2. The van der Waals surface area contributed by atoms with Crippen molar-refractivity contribution in [2.75, 3.05) is 0 Å². The third kappa shape index (κ3) is 2.72. The molecule has 0 bridgehead atoms. The van der Waals surface area contributed by atoms with E-state index < -0.39 is 36.4 Å². The zero-order valence-corrected chi connectivity index (χ0v) is 9.10. The van der Waals surface area contributed by atoms with Gasteiger partial charge in [-0.25, -0.2) is 8.78 Å². The number of alkyl halides is 5. The summed E-state index contributed by atoms with van der Waals surface area (Å²) in [4.78, 5) is 0. The maximum Gasteiger partial charge on any atom is 0.573 e. The van der Waals surface area contributed by atoms with Gasteiger partial charge in [-0.2, -0.15) is 0 Å². The van der Waals surface area contributed by atoms with Crippen molar-refractivity contribution in [2.24, 2.45) is 5.73 Å². The predicted molar refractivity (Wildman–Crippen MR) is 53.2 cm³/mol. The molecular formula is C11H10F5NO. The summed E-state index contributed by atoms with van der Waals surface area (Å²) in [5.74, 6) is -3.31. The van der Waals surface area contributed by atoms with Gasteiger partial charge in [-0.1, -0.05) is 12.1 Å². The SMILES string of the molecule is NC1(c2cccc(OC(F)(F)F)c2)CC(F)(F)C1. The fourth-order valence-corrected chi connectivity index (χ4v) is 2.08. The summed E-state index contributed by atoms with van der Waals surface area (Å²) in [5, 5.41) is 0. The maximum atomic E-state index is 12.8. The second kappa shape index (κ2) is 3.81. The molecule has 1 fully saturated rings. The lowest BCUT2D eigenvalue weighted by Gasteiger charge is -2.44. The molecule has 1 aromatic carbocycles. The van der Waals surface area contributed by atoms with Crippen LogP contribution in [0.2, 0.25) is 0 Å². The summed E-state index contributed by atoms with van der Waals surface area (Å²) < 4.78 is 65.4. The van der Waals surface area contributed by atoms with Gasteiger partial charge in [-0.3, -0.25) is 0 Å². The Labute approximate surface area is 99.5 Å². The molecule has 0 saturated heterocycles. The van der Waals surface area contributed by atoms with Gasteiger partial charge in [-0.15, -0.1) is 13.2 Å². The number of hydrogen-bond acceptors (Lipinski definition) is 2. The molecule has 18 heavy (non-hydrogen) atoms. The van der Waals surface area contributed by atoms with Gasteiger partial charge in [0.05, 0.1) is 5.54 Å². The van der Waals surface area contributed by atoms with Crippen LogP contribution < -0.4 is 10.5 Å². The molecule has 0 radical (unpaired) electrons. The Kier molecular flexibility index (Phi) is 2.77. The molecule has 0 amide bonds. The van der Waals surface area contributed by atoms with E-state index in [1.807, 2.05) is 0 Å². The molecule has 0 heterocycles. The zero-order valence-electron chi connectivity index (χ0n) is 9.10. The van der Waals surface area contributed by atoms with E-state index in [4.69, 9.17) is 5.73 Å². The number of ether oxygens (including phenoxy) is 1. The Morgan fingerprint density at radius 2 is 1.78 bits per heavy atom. The largest absolute Gasteiger partial charge is 0.573 e. The third-order valence-electron chi connectivity index (χ3n) is 2.79. The number of halogens is 5. The van der Waals surface area contributed by atoms with Gasteiger partial charge in [0, 0.05) is 12.8 Å². The van der Waals surface area contributed by atoms with Crippen LogP contribution in [0, 0.1) is 0 Å². The minimum Gasteiger partial charge on any atom is -0.406 e. The first kappa shape index (κ1) is 13.1. The van der Waals surface area contributed by atoms with Gasteiger partial charge < -0.3 is 10.5 Å². The fourth-order valence-electron chi connectivity index (χ4n) is 2.08. The highest BCUT2D eigenvalue weighted by Crippen LogP contribution is 2.50. The molecule has 7 heteroatoms. The lowest BCUT2D eigenvalue weighted by molar-refractivity contribution is -0.274. The van der Waals surface area contributed by atoms with Crippen LogP contribution in [0.4, 0.5) is 22.0 Å². The second-order valence-corrected chi connectivity index (χ2v) is 4.44. The fraction of sp³-hybridized carbons (Fsp3) is 0.455. The molecule has 2 rings (SSSR count). The molecule has 1 aliphatic rings. The van der Waals surface area contributed by atoms with Gasteiger partial charge in [0.1, 0.15) is 5.75 Å². The topological polar surface area (TPSA) is 35.2 Å². The highest BCUT2D eigenvalue weighted by atomic mass is 19.4. The van der Waals surface area contributed by atoms with Crippen molar-refractivity contribution in [3.63, 3.8) is 0 Å². The average Bonchev–Trinajstić information content (AvgIpc) is 2.12. The van der Waals surface area contributed by atoms with Crippen molar-refractivity contribution in [3.8, 4) is 5.75 Å². The molecule has 0 aliphatic heterocycles. The lowest BCUT2D eigenvalue weighted by atomic mass is 9.70. The van der Waals surface area contributed by atoms with Crippen LogP contribution in [0.1, 0.15) is 18.4 Å². The van der Waals surface area contributed by atoms with Crippen LogP contribution >= 0.6 is 0 Å². The Morgan fingerprint density at radius 1 is 1.17 bits per heavy atom. The van der Waals surface area contributed by atoms with E-state index in [0.29, 0.717) is 0 Å².